The van der Waals surface area contributed by atoms with Crippen LogP contribution < -0.4 is 5.32 Å². The maximum atomic E-state index is 12.7. The second kappa shape index (κ2) is 5.57. The molecular formula is C17H24N4O3. The van der Waals surface area contributed by atoms with Crippen LogP contribution in [0.15, 0.2) is 0 Å². The lowest BCUT2D eigenvalue weighted by Gasteiger charge is -2.25. The molecule has 2 N–H and O–H groups in total. The van der Waals surface area contributed by atoms with E-state index in [2.05, 4.69) is 20.1 Å². The zero-order chi connectivity index (χ0) is 16.8. The van der Waals surface area contributed by atoms with E-state index in [1.807, 2.05) is 0 Å². The van der Waals surface area contributed by atoms with E-state index >= 15 is 0 Å². The van der Waals surface area contributed by atoms with Gasteiger partial charge >= 0.3 is 5.97 Å². The highest BCUT2D eigenvalue weighted by atomic mass is 16.4. The van der Waals surface area contributed by atoms with Gasteiger partial charge in [-0.05, 0) is 44.9 Å². The van der Waals surface area contributed by atoms with Gasteiger partial charge in [0.2, 0.25) is 5.91 Å². The van der Waals surface area contributed by atoms with Crippen molar-refractivity contribution in [3.05, 3.63) is 11.6 Å². The SMILES string of the molecule is O=C(O)C12CCC(C(=O)NCCc3nnc4n3CCCC4)(CC1)C2. The van der Waals surface area contributed by atoms with Crippen molar-refractivity contribution < 1.29 is 14.7 Å². The van der Waals surface area contributed by atoms with E-state index in [9.17, 15) is 14.7 Å². The van der Waals surface area contributed by atoms with Crippen molar-refractivity contribution in [3.8, 4) is 0 Å². The molecule has 0 aromatic carbocycles. The molecule has 7 nitrogen and oxygen atoms in total. The number of aromatic nitrogens is 3. The number of hydrogen-bond donors (Lipinski definition) is 2. The van der Waals surface area contributed by atoms with Gasteiger partial charge in [-0.3, -0.25) is 9.59 Å². The number of carbonyl (C=O) groups excluding carboxylic acids is 1. The topological polar surface area (TPSA) is 97.1 Å². The van der Waals surface area contributed by atoms with Crippen LogP contribution in [0, 0.1) is 10.8 Å². The summed E-state index contributed by atoms with van der Waals surface area (Å²) in [5.41, 5.74) is -1.11. The van der Waals surface area contributed by atoms with Crippen molar-refractivity contribution in [1.82, 2.24) is 20.1 Å². The fourth-order valence-electron chi connectivity index (χ4n) is 4.83. The van der Waals surface area contributed by atoms with Crippen LogP contribution >= 0.6 is 0 Å². The molecule has 130 valence electrons. The standard InChI is InChI=1S/C17H24N4O3/c22-14(16-5-7-17(11-16,8-6-16)15(23)24)18-9-4-13-20-19-12-3-1-2-10-21(12)13/h1-11H2,(H,18,22)(H,23,24). The highest BCUT2D eigenvalue weighted by molar-refractivity contribution is 5.87. The summed E-state index contributed by atoms with van der Waals surface area (Å²) in [4.78, 5) is 24.2. The molecule has 4 rings (SSSR count). The first kappa shape index (κ1) is 15.6. The Morgan fingerprint density at radius 1 is 1.12 bits per heavy atom. The Balaban J connectivity index is 1.35. The Morgan fingerprint density at radius 2 is 1.88 bits per heavy atom. The van der Waals surface area contributed by atoms with Gasteiger partial charge in [-0.15, -0.1) is 10.2 Å². The minimum atomic E-state index is -0.732. The summed E-state index contributed by atoms with van der Waals surface area (Å²) in [5.74, 6) is 1.30. The van der Waals surface area contributed by atoms with Crippen LogP contribution in [0.4, 0.5) is 0 Å². The molecule has 2 heterocycles. The van der Waals surface area contributed by atoms with Gasteiger partial charge in [-0.1, -0.05) is 0 Å². The Kier molecular flexibility index (Phi) is 3.62. The van der Waals surface area contributed by atoms with E-state index in [-0.39, 0.29) is 5.91 Å². The molecular weight excluding hydrogens is 308 g/mol. The van der Waals surface area contributed by atoms with Crippen molar-refractivity contribution in [1.29, 1.82) is 0 Å². The second-order valence-corrected chi connectivity index (χ2v) is 7.69. The number of aryl methyl sites for hydroxylation is 1. The zero-order valence-electron chi connectivity index (χ0n) is 13.9. The Hall–Kier alpha value is -1.92. The molecule has 2 aliphatic carbocycles. The van der Waals surface area contributed by atoms with Gasteiger partial charge in [0.1, 0.15) is 11.6 Å². The van der Waals surface area contributed by atoms with Crippen LogP contribution in [-0.4, -0.2) is 38.3 Å². The van der Waals surface area contributed by atoms with E-state index in [1.54, 1.807) is 0 Å². The minimum Gasteiger partial charge on any atom is -0.481 e. The first-order chi connectivity index (χ1) is 11.5. The lowest BCUT2D eigenvalue weighted by Crippen LogP contribution is -2.39. The van der Waals surface area contributed by atoms with E-state index in [1.165, 1.54) is 6.42 Å². The molecule has 24 heavy (non-hydrogen) atoms. The fraction of sp³-hybridized carbons (Fsp3) is 0.765. The highest BCUT2D eigenvalue weighted by Crippen LogP contribution is 2.61. The Morgan fingerprint density at radius 3 is 2.58 bits per heavy atom. The van der Waals surface area contributed by atoms with Gasteiger partial charge in [-0.25, -0.2) is 0 Å². The van der Waals surface area contributed by atoms with Gasteiger partial charge < -0.3 is 15.0 Å². The molecule has 1 aliphatic heterocycles. The number of fused-ring (bicyclic) bond motifs is 3. The summed E-state index contributed by atoms with van der Waals surface area (Å²) in [5, 5.41) is 21.0. The van der Waals surface area contributed by atoms with Gasteiger partial charge in [-0.2, -0.15) is 0 Å². The maximum Gasteiger partial charge on any atom is 0.309 e. The number of aliphatic carboxylic acids is 1. The van der Waals surface area contributed by atoms with Gasteiger partial charge in [0.25, 0.3) is 0 Å². The van der Waals surface area contributed by atoms with Crippen LogP contribution in [0.5, 0.6) is 0 Å². The van der Waals surface area contributed by atoms with Crippen molar-refractivity contribution >= 4 is 11.9 Å². The summed E-state index contributed by atoms with van der Waals surface area (Å²) >= 11 is 0. The Labute approximate surface area is 140 Å². The fourth-order valence-corrected chi connectivity index (χ4v) is 4.83. The number of hydrogen-bond acceptors (Lipinski definition) is 4. The third-order valence-electron chi connectivity index (χ3n) is 6.35. The van der Waals surface area contributed by atoms with Crippen molar-refractivity contribution in [2.75, 3.05) is 6.54 Å². The molecule has 2 saturated carbocycles. The summed E-state index contributed by atoms with van der Waals surface area (Å²) in [6, 6.07) is 0. The van der Waals surface area contributed by atoms with Gasteiger partial charge in [0, 0.05) is 25.9 Å². The minimum absolute atomic E-state index is 0.0292. The summed E-state index contributed by atoms with van der Waals surface area (Å²) in [6.45, 7) is 1.51. The molecule has 1 amide bonds. The summed E-state index contributed by atoms with van der Waals surface area (Å²) < 4.78 is 2.18. The molecule has 3 aliphatic rings. The molecule has 0 radical (unpaired) electrons. The van der Waals surface area contributed by atoms with Crippen LogP contribution in [0.3, 0.4) is 0 Å². The molecule has 7 heteroatoms. The largest absolute Gasteiger partial charge is 0.481 e. The predicted octanol–water partition coefficient (Wildman–Crippen LogP) is 1.31. The molecule has 0 saturated heterocycles. The number of carboxylic acids is 1. The third-order valence-corrected chi connectivity index (χ3v) is 6.35. The van der Waals surface area contributed by atoms with Gasteiger partial charge in [0.05, 0.1) is 10.8 Å². The second-order valence-electron chi connectivity index (χ2n) is 7.69. The molecule has 0 atom stereocenters. The van der Waals surface area contributed by atoms with Crippen LogP contribution in [-0.2, 0) is 29.0 Å². The van der Waals surface area contributed by atoms with Crippen LogP contribution in [0.25, 0.3) is 0 Å². The average molecular weight is 332 g/mol. The third kappa shape index (κ3) is 2.32. The van der Waals surface area contributed by atoms with Crippen LogP contribution in [0.1, 0.15) is 56.6 Å². The Bertz CT molecular complexity index is 673. The zero-order valence-corrected chi connectivity index (χ0v) is 13.9. The molecule has 0 spiro atoms. The first-order valence-corrected chi connectivity index (χ1v) is 8.97. The normalized spacial score (nSPS) is 31.0. The molecule has 2 fully saturated rings. The van der Waals surface area contributed by atoms with Crippen molar-refractivity contribution in [2.45, 2.75) is 64.3 Å². The van der Waals surface area contributed by atoms with Crippen LogP contribution in [0.2, 0.25) is 0 Å². The average Bonchev–Trinajstić information content (AvgIpc) is 3.28. The van der Waals surface area contributed by atoms with Gasteiger partial charge in [0.15, 0.2) is 0 Å². The monoisotopic (exact) mass is 332 g/mol. The molecule has 2 bridgehead atoms. The van der Waals surface area contributed by atoms with Crippen molar-refractivity contribution in [2.24, 2.45) is 10.8 Å². The number of carbonyl (C=O) groups is 2. The van der Waals surface area contributed by atoms with E-state index in [0.29, 0.717) is 45.1 Å². The summed E-state index contributed by atoms with van der Waals surface area (Å²) in [7, 11) is 0. The lowest BCUT2D eigenvalue weighted by atomic mass is 9.81. The molecule has 1 aromatic rings. The molecule has 0 unspecified atom stereocenters. The smallest absolute Gasteiger partial charge is 0.309 e. The van der Waals surface area contributed by atoms with E-state index in [0.717, 1.165) is 31.0 Å². The number of carboxylic acid groups (broad SMARTS) is 1. The predicted molar refractivity (Wildman–Crippen MR) is 85.3 cm³/mol. The molecule has 1 aromatic heterocycles. The highest BCUT2D eigenvalue weighted by Gasteiger charge is 2.61. The van der Waals surface area contributed by atoms with E-state index < -0.39 is 16.8 Å². The summed E-state index contributed by atoms with van der Waals surface area (Å²) in [6.07, 6.45) is 7.16. The first-order valence-electron chi connectivity index (χ1n) is 8.97. The lowest BCUT2D eigenvalue weighted by molar-refractivity contribution is -0.148. The quantitative estimate of drug-likeness (QED) is 0.847. The van der Waals surface area contributed by atoms with Crippen molar-refractivity contribution in [3.63, 3.8) is 0 Å². The number of nitrogens with zero attached hydrogens (tertiary/aromatic N) is 3. The van der Waals surface area contributed by atoms with E-state index in [4.69, 9.17) is 0 Å². The number of amides is 1. The number of nitrogens with one attached hydrogen (secondary N) is 1. The maximum absolute atomic E-state index is 12.7. The number of rotatable bonds is 5.